The van der Waals surface area contributed by atoms with Crippen LogP contribution in [0.3, 0.4) is 0 Å². The number of carbonyl (C=O) groups is 1. The van der Waals surface area contributed by atoms with Crippen molar-refractivity contribution in [3.8, 4) is 0 Å². The van der Waals surface area contributed by atoms with E-state index in [2.05, 4.69) is 30.9 Å². The van der Waals surface area contributed by atoms with Crippen LogP contribution in [0, 0.1) is 5.82 Å². The van der Waals surface area contributed by atoms with Gasteiger partial charge in [-0.15, -0.1) is 0 Å². The van der Waals surface area contributed by atoms with Gasteiger partial charge in [-0.3, -0.25) is 4.79 Å². The molecular weight excluding hydrogens is 473 g/mol. The number of halogens is 1. The molecule has 3 heterocycles. The number of anilines is 4. The standard InChI is InChI=1S/C27H28FN7O2/c1-18(25-29-14-16-37-25)31-23-3-2-15-35(17-23)26(36)19-4-8-22(9-5-19)33-27-30-13-12-24(34-27)32-21-10-6-20(28)7-11-21/h4-14,16,18,23,31H,2-3,15,17H2,1H3,(H2,30,32,33,34). The first-order chi connectivity index (χ1) is 18.0. The quantitative estimate of drug-likeness (QED) is 0.308. The Balaban J connectivity index is 1.18. The molecule has 5 rings (SSSR count). The van der Waals surface area contributed by atoms with Crippen molar-refractivity contribution in [2.45, 2.75) is 31.8 Å². The molecule has 10 heteroatoms. The zero-order valence-corrected chi connectivity index (χ0v) is 20.4. The van der Waals surface area contributed by atoms with Crippen molar-refractivity contribution >= 4 is 29.0 Å². The van der Waals surface area contributed by atoms with Gasteiger partial charge in [0.25, 0.3) is 5.91 Å². The van der Waals surface area contributed by atoms with Gasteiger partial charge in [0.2, 0.25) is 11.8 Å². The normalized spacial score (nSPS) is 16.3. The maximum absolute atomic E-state index is 13.2. The van der Waals surface area contributed by atoms with Gasteiger partial charge < -0.3 is 25.3 Å². The number of hydrogen-bond donors (Lipinski definition) is 3. The molecule has 2 atom stereocenters. The summed E-state index contributed by atoms with van der Waals surface area (Å²) in [6.45, 7) is 3.37. The Bertz CT molecular complexity index is 1310. The summed E-state index contributed by atoms with van der Waals surface area (Å²) in [4.78, 5) is 28.0. The second-order valence-electron chi connectivity index (χ2n) is 8.95. The average molecular weight is 502 g/mol. The zero-order valence-electron chi connectivity index (χ0n) is 20.4. The van der Waals surface area contributed by atoms with Crippen molar-refractivity contribution in [1.82, 2.24) is 25.2 Å². The highest BCUT2D eigenvalue weighted by molar-refractivity contribution is 5.94. The van der Waals surface area contributed by atoms with E-state index in [0.29, 0.717) is 29.8 Å². The van der Waals surface area contributed by atoms with Gasteiger partial charge in [0.15, 0.2) is 0 Å². The monoisotopic (exact) mass is 501 g/mol. The van der Waals surface area contributed by atoms with Crippen LogP contribution in [0.1, 0.15) is 42.1 Å². The van der Waals surface area contributed by atoms with Gasteiger partial charge in [-0.25, -0.2) is 14.4 Å². The molecule has 2 aromatic carbocycles. The van der Waals surface area contributed by atoms with E-state index in [1.165, 1.54) is 12.1 Å². The third kappa shape index (κ3) is 6.28. The maximum Gasteiger partial charge on any atom is 0.253 e. The van der Waals surface area contributed by atoms with Crippen LogP contribution in [0.2, 0.25) is 0 Å². The van der Waals surface area contributed by atoms with E-state index < -0.39 is 0 Å². The van der Waals surface area contributed by atoms with E-state index in [9.17, 15) is 9.18 Å². The molecule has 0 aliphatic carbocycles. The van der Waals surface area contributed by atoms with E-state index in [-0.39, 0.29) is 23.8 Å². The largest absolute Gasteiger partial charge is 0.447 e. The lowest BCUT2D eigenvalue weighted by atomic mass is 10.0. The number of likely N-dealkylation sites (tertiary alicyclic amines) is 1. The Morgan fingerprint density at radius 1 is 1.03 bits per heavy atom. The van der Waals surface area contributed by atoms with E-state index in [4.69, 9.17) is 4.42 Å². The predicted molar refractivity (Wildman–Crippen MR) is 138 cm³/mol. The second-order valence-corrected chi connectivity index (χ2v) is 8.95. The molecule has 1 fully saturated rings. The van der Waals surface area contributed by atoms with E-state index >= 15 is 0 Å². The van der Waals surface area contributed by atoms with Crippen molar-refractivity contribution in [3.63, 3.8) is 0 Å². The number of amides is 1. The minimum Gasteiger partial charge on any atom is -0.447 e. The molecule has 1 aliphatic rings. The molecule has 2 aromatic heterocycles. The Hall–Kier alpha value is -4.31. The molecule has 4 aromatic rings. The molecule has 0 spiro atoms. The number of nitrogens with one attached hydrogen (secondary N) is 3. The van der Waals surface area contributed by atoms with Crippen LogP contribution in [-0.2, 0) is 0 Å². The van der Waals surface area contributed by atoms with Gasteiger partial charge >= 0.3 is 0 Å². The van der Waals surface area contributed by atoms with E-state index in [0.717, 1.165) is 30.8 Å². The van der Waals surface area contributed by atoms with Crippen LogP contribution >= 0.6 is 0 Å². The molecule has 1 saturated heterocycles. The average Bonchev–Trinajstić information content (AvgIpc) is 3.46. The molecule has 0 saturated carbocycles. The van der Waals surface area contributed by atoms with Crippen LogP contribution in [0.5, 0.6) is 0 Å². The number of aromatic nitrogens is 3. The van der Waals surface area contributed by atoms with Crippen LogP contribution in [0.25, 0.3) is 0 Å². The van der Waals surface area contributed by atoms with Gasteiger partial charge in [0.1, 0.15) is 17.9 Å². The molecule has 2 unspecified atom stereocenters. The first-order valence-electron chi connectivity index (χ1n) is 12.2. The first-order valence-corrected chi connectivity index (χ1v) is 12.2. The lowest BCUT2D eigenvalue weighted by molar-refractivity contribution is 0.0688. The number of piperidine rings is 1. The topological polar surface area (TPSA) is 108 Å². The first kappa shape index (κ1) is 24.4. The summed E-state index contributed by atoms with van der Waals surface area (Å²) in [5.74, 6) is 1.32. The molecule has 0 bridgehead atoms. The molecule has 0 radical (unpaired) electrons. The molecule has 9 nitrogen and oxygen atoms in total. The highest BCUT2D eigenvalue weighted by Gasteiger charge is 2.26. The molecule has 1 amide bonds. The Morgan fingerprint density at radius 3 is 2.54 bits per heavy atom. The lowest BCUT2D eigenvalue weighted by Crippen LogP contribution is -2.48. The van der Waals surface area contributed by atoms with E-state index in [1.54, 1.807) is 49.0 Å². The van der Waals surface area contributed by atoms with Gasteiger partial charge in [-0.05, 0) is 74.4 Å². The number of benzene rings is 2. The molecule has 3 N–H and O–H groups in total. The number of nitrogens with zero attached hydrogens (tertiary/aromatic N) is 4. The van der Waals surface area contributed by atoms with Crippen molar-refractivity contribution in [1.29, 1.82) is 0 Å². The van der Waals surface area contributed by atoms with Crippen LogP contribution in [-0.4, -0.2) is 44.9 Å². The predicted octanol–water partition coefficient (Wildman–Crippen LogP) is 5.05. The fourth-order valence-corrected chi connectivity index (χ4v) is 4.35. The maximum atomic E-state index is 13.2. The summed E-state index contributed by atoms with van der Waals surface area (Å²) in [5.41, 5.74) is 2.10. The van der Waals surface area contributed by atoms with Crippen molar-refractivity contribution in [3.05, 3.63) is 90.5 Å². The summed E-state index contributed by atoms with van der Waals surface area (Å²) in [5, 5.41) is 9.79. The minimum atomic E-state index is -0.300. The molecular formula is C27H28FN7O2. The highest BCUT2D eigenvalue weighted by Crippen LogP contribution is 2.21. The third-order valence-corrected chi connectivity index (χ3v) is 6.18. The summed E-state index contributed by atoms with van der Waals surface area (Å²) in [6, 6.07) is 15.2. The molecule has 190 valence electrons. The van der Waals surface area contributed by atoms with E-state index in [1.807, 2.05) is 24.0 Å². The van der Waals surface area contributed by atoms with Gasteiger partial charge in [-0.1, -0.05) is 0 Å². The number of oxazole rings is 1. The van der Waals surface area contributed by atoms with Crippen molar-refractivity contribution < 1.29 is 13.6 Å². The fourth-order valence-electron chi connectivity index (χ4n) is 4.35. The van der Waals surface area contributed by atoms with Gasteiger partial charge in [0, 0.05) is 42.3 Å². The Kier molecular flexibility index (Phi) is 7.36. The minimum absolute atomic E-state index is 0.00331. The SMILES string of the molecule is CC(NC1CCCN(C(=O)c2ccc(Nc3nccc(Nc4ccc(F)cc4)n3)cc2)C1)c1ncco1. The van der Waals surface area contributed by atoms with Crippen molar-refractivity contribution in [2.24, 2.45) is 0 Å². The van der Waals surface area contributed by atoms with Crippen LogP contribution in [0.4, 0.5) is 27.5 Å². The lowest BCUT2D eigenvalue weighted by Gasteiger charge is -2.34. The Morgan fingerprint density at radius 2 is 1.78 bits per heavy atom. The number of carbonyl (C=O) groups excluding carboxylic acids is 1. The summed E-state index contributed by atoms with van der Waals surface area (Å²) >= 11 is 0. The fraction of sp³-hybridized carbons (Fsp3) is 0.259. The number of hydrogen-bond acceptors (Lipinski definition) is 8. The number of rotatable bonds is 8. The second kappa shape index (κ2) is 11.2. The molecule has 1 aliphatic heterocycles. The van der Waals surface area contributed by atoms with Crippen molar-refractivity contribution in [2.75, 3.05) is 23.7 Å². The Labute approximate surface area is 214 Å². The van der Waals surface area contributed by atoms with Crippen LogP contribution in [0.15, 0.2) is 77.7 Å². The zero-order chi connectivity index (χ0) is 25.6. The third-order valence-electron chi connectivity index (χ3n) is 6.18. The summed E-state index contributed by atoms with van der Waals surface area (Å²) < 4.78 is 18.5. The highest BCUT2D eigenvalue weighted by atomic mass is 19.1. The van der Waals surface area contributed by atoms with Gasteiger partial charge in [0.05, 0.1) is 12.2 Å². The summed E-state index contributed by atoms with van der Waals surface area (Å²) in [6.07, 6.45) is 6.75. The smallest absolute Gasteiger partial charge is 0.253 e. The molecule has 37 heavy (non-hydrogen) atoms. The van der Waals surface area contributed by atoms with Crippen LogP contribution < -0.4 is 16.0 Å². The summed E-state index contributed by atoms with van der Waals surface area (Å²) in [7, 11) is 0. The van der Waals surface area contributed by atoms with Gasteiger partial charge in [-0.2, -0.15) is 4.98 Å².